The standard InChI is InChI=1S/C19H25NO2S/c1-12-8-7-9-18(15(12)4)11-20-23(21,22)19-16(5)13(2)10-14(3)17(19)6/h7-10,20H,11H2,1-6H3. The summed E-state index contributed by atoms with van der Waals surface area (Å²) in [5.74, 6) is 0. The first kappa shape index (κ1) is 17.7. The van der Waals surface area contributed by atoms with Crippen molar-refractivity contribution in [3.05, 3.63) is 63.2 Å². The fraction of sp³-hybridized carbons (Fsp3) is 0.368. The molecule has 0 aliphatic carbocycles. The highest BCUT2D eigenvalue weighted by atomic mass is 32.2. The molecule has 0 bridgehead atoms. The number of hydrogen-bond acceptors (Lipinski definition) is 2. The SMILES string of the molecule is Cc1cccc(CNS(=O)(=O)c2c(C)c(C)cc(C)c2C)c1C. The van der Waals surface area contributed by atoms with Crippen LogP contribution in [0.3, 0.4) is 0 Å². The number of nitrogens with one attached hydrogen (secondary N) is 1. The summed E-state index contributed by atoms with van der Waals surface area (Å²) >= 11 is 0. The van der Waals surface area contributed by atoms with E-state index in [-0.39, 0.29) is 0 Å². The van der Waals surface area contributed by atoms with Crippen molar-refractivity contribution in [2.75, 3.05) is 0 Å². The third kappa shape index (κ3) is 3.48. The van der Waals surface area contributed by atoms with Gasteiger partial charge in [0.1, 0.15) is 0 Å². The van der Waals surface area contributed by atoms with Gasteiger partial charge in [0.15, 0.2) is 0 Å². The van der Waals surface area contributed by atoms with Crippen LogP contribution in [0.5, 0.6) is 0 Å². The molecule has 0 aliphatic rings. The Hall–Kier alpha value is -1.65. The zero-order valence-electron chi connectivity index (χ0n) is 14.7. The van der Waals surface area contributed by atoms with E-state index in [0.717, 1.165) is 33.4 Å². The Morgan fingerprint density at radius 3 is 1.96 bits per heavy atom. The lowest BCUT2D eigenvalue weighted by Gasteiger charge is -2.17. The maximum atomic E-state index is 12.8. The normalized spacial score (nSPS) is 11.7. The molecule has 0 heterocycles. The highest BCUT2D eigenvalue weighted by molar-refractivity contribution is 7.89. The predicted molar refractivity (Wildman–Crippen MR) is 95.3 cm³/mol. The Morgan fingerprint density at radius 2 is 1.39 bits per heavy atom. The van der Waals surface area contributed by atoms with Gasteiger partial charge in [-0.2, -0.15) is 0 Å². The van der Waals surface area contributed by atoms with Crippen molar-refractivity contribution < 1.29 is 8.42 Å². The van der Waals surface area contributed by atoms with E-state index >= 15 is 0 Å². The van der Waals surface area contributed by atoms with Gasteiger partial charge in [0, 0.05) is 6.54 Å². The number of sulfonamides is 1. The summed E-state index contributed by atoms with van der Waals surface area (Å²) in [6, 6.07) is 7.99. The largest absolute Gasteiger partial charge is 0.241 e. The zero-order chi connectivity index (χ0) is 17.4. The molecular weight excluding hydrogens is 306 g/mol. The number of rotatable bonds is 4. The third-order valence-electron chi connectivity index (χ3n) is 4.74. The van der Waals surface area contributed by atoms with Crippen LogP contribution in [0.4, 0.5) is 0 Å². The lowest BCUT2D eigenvalue weighted by atomic mass is 10.0. The van der Waals surface area contributed by atoms with E-state index in [9.17, 15) is 8.42 Å². The van der Waals surface area contributed by atoms with Crippen LogP contribution >= 0.6 is 0 Å². The molecule has 0 fully saturated rings. The maximum Gasteiger partial charge on any atom is 0.241 e. The molecule has 23 heavy (non-hydrogen) atoms. The molecule has 2 rings (SSSR count). The van der Waals surface area contributed by atoms with E-state index in [0.29, 0.717) is 11.4 Å². The second-order valence-corrected chi connectivity index (χ2v) is 7.98. The molecule has 0 radical (unpaired) electrons. The van der Waals surface area contributed by atoms with E-state index in [1.807, 2.05) is 65.8 Å². The minimum atomic E-state index is -3.54. The van der Waals surface area contributed by atoms with Crippen molar-refractivity contribution in [2.45, 2.75) is 53.0 Å². The summed E-state index contributed by atoms with van der Waals surface area (Å²) in [6.07, 6.45) is 0. The van der Waals surface area contributed by atoms with Gasteiger partial charge >= 0.3 is 0 Å². The molecule has 0 amide bonds. The first-order valence-electron chi connectivity index (χ1n) is 7.77. The van der Waals surface area contributed by atoms with Crippen LogP contribution < -0.4 is 4.72 Å². The number of benzene rings is 2. The first-order valence-corrected chi connectivity index (χ1v) is 9.25. The van der Waals surface area contributed by atoms with Crippen LogP contribution in [0.25, 0.3) is 0 Å². The molecule has 0 saturated carbocycles. The van der Waals surface area contributed by atoms with Crippen molar-refractivity contribution in [3.63, 3.8) is 0 Å². The summed E-state index contributed by atoms with van der Waals surface area (Å²) in [6.45, 7) is 12.0. The van der Waals surface area contributed by atoms with Crippen molar-refractivity contribution in [2.24, 2.45) is 0 Å². The minimum absolute atomic E-state index is 0.307. The highest BCUT2D eigenvalue weighted by Crippen LogP contribution is 2.26. The molecule has 0 unspecified atom stereocenters. The summed E-state index contributed by atoms with van der Waals surface area (Å²) in [7, 11) is -3.54. The van der Waals surface area contributed by atoms with E-state index in [4.69, 9.17) is 0 Å². The molecule has 0 spiro atoms. The van der Waals surface area contributed by atoms with Crippen molar-refractivity contribution in [1.82, 2.24) is 4.72 Å². The fourth-order valence-electron chi connectivity index (χ4n) is 2.83. The van der Waals surface area contributed by atoms with Crippen molar-refractivity contribution in [1.29, 1.82) is 0 Å². The van der Waals surface area contributed by atoms with Gasteiger partial charge in [-0.1, -0.05) is 24.3 Å². The second kappa shape index (κ2) is 6.46. The quantitative estimate of drug-likeness (QED) is 0.920. The van der Waals surface area contributed by atoms with Crippen LogP contribution in [-0.2, 0) is 16.6 Å². The smallest absolute Gasteiger partial charge is 0.207 e. The molecule has 2 aromatic carbocycles. The van der Waals surface area contributed by atoms with Gasteiger partial charge in [0.05, 0.1) is 4.90 Å². The molecule has 4 heteroatoms. The molecule has 1 N–H and O–H groups in total. The van der Waals surface area contributed by atoms with Crippen LogP contribution in [0.15, 0.2) is 29.2 Å². The van der Waals surface area contributed by atoms with E-state index in [1.165, 1.54) is 5.56 Å². The van der Waals surface area contributed by atoms with Gasteiger partial charge in [0.25, 0.3) is 0 Å². The molecule has 2 aromatic rings. The monoisotopic (exact) mass is 331 g/mol. The highest BCUT2D eigenvalue weighted by Gasteiger charge is 2.22. The topological polar surface area (TPSA) is 46.2 Å². The molecule has 124 valence electrons. The molecule has 0 aromatic heterocycles. The summed E-state index contributed by atoms with van der Waals surface area (Å²) < 4.78 is 28.4. The van der Waals surface area contributed by atoms with Crippen LogP contribution in [0.2, 0.25) is 0 Å². The van der Waals surface area contributed by atoms with Crippen LogP contribution in [0, 0.1) is 41.5 Å². The van der Waals surface area contributed by atoms with E-state index < -0.39 is 10.0 Å². The average Bonchev–Trinajstić information content (AvgIpc) is 2.47. The Kier molecular flexibility index (Phi) is 4.97. The summed E-state index contributed by atoms with van der Waals surface area (Å²) in [5.41, 5.74) is 6.95. The van der Waals surface area contributed by atoms with Gasteiger partial charge in [0.2, 0.25) is 10.0 Å². The van der Waals surface area contributed by atoms with Crippen molar-refractivity contribution in [3.8, 4) is 0 Å². The van der Waals surface area contributed by atoms with Gasteiger partial charge in [-0.05, 0) is 80.5 Å². The van der Waals surface area contributed by atoms with Gasteiger partial charge in [-0.25, -0.2) is 13.1 Å². The average molecular weight is 331 g/mol. The second-order valence-electron chi connectivity index (χ2n) is 6.27. The van der Waals surface area contributed by atoms with Crippen molar-refractivity contribution >= 4 is 10.0 Å². The molecule has 3 nitrogen and oxygen atoms in total. The van der Waals surface area contributed by atoms with Crippen LogP contribution in [-0.4, -0.2) is 8.42 Å². The van der Waals surface area contributed by atoms with Gasteiger partial charge < -0.3 is 0 Å². The molecule has 0 saturated heterocycles. The first-order chi connectivity index (χ1) is 10.6. The molecule has 0 atom stereocenters. The summed E-state index contributed by atoms with van der Waals surface area (Å²) in [4.78, 5) is 0.417. The Bertz CT molecular complexity index is 826. The lowest BCUT2D eigenvalue weighted by molar-refractivity contribution is 0.579. The van der Waals surface area contributed by atoms with Crippen LogP contribution in [0.1, 0.15) is 38.9 Å². The number of aryl methyl sites for hydroxylation is 3. The van der Waals surface area contributed by atoms with Gasteiger partial charge in [-0.3, -0.25) is 0 Å². The Morgan fingerprint density at radius 1 is 0.826 bits per heavy atom. The van der Waals surface area contributed by atoms with E-state index in [2.05, 4.69) is 4.72 Å². The maximum absolute atomic E-state index is 12.8. The van der Waals surface area contributed by atoms with Gasteiger partial charge in [-0.15, -0.1) is 0 Å². The molecule has 0 aliphatic heterocycles. The molecular formula is C19H25NO2S. The number of hydrogen-bond donors (Lipinski definition) is 1. The summed E-state index contributed by atoms with van der Waals surface area (Å²) in [5, 5.41) is 0. The van der Waals surface area contributed by atoms with E-state index in [1.54, 1.807) is 0 Å². The zero-order valence-corrected chi connectivity index (χ0v) is 15.6. The Balaban J connectivity index is 2.39. The Labute approximate surface area is 139 Å². The third-order valence-corrected chi connectivity index (χ3v) is 6.41. The lowest BCUT2D eigenvalue weighted by Crippen LogP contribution is -2.25. The predicted octanol–water partition coefficient (Wildman–Crippen LogP) is 4.02. The fourth-order valence-corrected chi connectivity index (χ4v) is 4.45. The minimum Gasteiger partial charge on any atom is -0.207 e.